The zero-order valence-electron chi connectivity index (χ0n) is 11.3. The third-order valence-electron chi connectivity index (χ3n) is 4.37. The van der Waals surface area contributed by atoms with Gasteiger partial charge in [0.05, 0.1) is 0 Å². The number of amidine groups is 1. The predicted molar refractivity (Wildman–Crippen MR) is 78.9 cm³/mol. The smallest absolute Gasteiger partial charge is 0.124 e. The van der Waals surface area contributed by atoms with Gasteiger partial charge in [0.15, 0.2) is 0 Å². The van der Waals surface area contributed by atoms with Gasteiger partial charge in [0.2, 0.25) is 0 Å². The van der Waals surface area contributed by atoms with Crippen molar-refractivity contribution in [3.05, 3.63) is 29.8 Å². The summed E-state index contributed by atoms with van der Waals surface area (Å²) < 4.78 is 0. The summed E-state index contributed by atoms with van der Waals surface area (Å²) in [5, 5.41) is 7.72. The molecule has 3 rings (SSSR count). The SMILES string of the molecule is N=C(N)c1ccccc1N1CCN2CCCCC2C1. The highest BCUT2D eigenvalue weighted by Gasteiger charge is 2.29. The van der Waals surface area contributed by atoms with Crippen LogP contribution in [-0.4, -0.2) is 43.0 Å². The summed E-state index contributed by atoms with van der Waals surface area (Å²) in [4.78, 5) is 5.03. The van der Waals surface area contributed by atoms with Gasteiger partial charge in [-0.2, -0.15) is 0 Å². The molecular weight excluding hydrogens is 236 g/mol. The predicted octanol–water partition coefficient (Wildman–Crippen LogP) is 1.65. The van der Waals surface area contributed by atoms with Crippen LogP contribution in [0.5, 0.6) is 0 Å². The van der Waals surface area contributed by atoms with Crippen molar-refractivity contribution in [2.45, 2.75) is 25.3 Å². The van der Waals surface area contributed by atoms with Gasteiger partial charge in [-0.1, -0.05) is 18.6 Å². The lowest BCUT2D eigenvalue weighted by atomic mass is 9.98. The van der Waals surface area contributed by atoms with E-state index in [-0.39, 0.29) is 5.84 Å². The van der Waals surface area contributed by atoms with Crippen LogP contribution in [0.4, 0.5) is 5.69 Å². The number of nitrogens with one attached hydrogen (secondary N) is 1. The number of benzene rings is 1. The minimum atomic E-state index is 0.168. The number of piperazine rings is 1. The molecule has 102 valence electrons. The molecule has 1 aromatic rings. The maximum absolute atomic E-state index is 7.72. The molecule has 0 bridgehead atoms. The third kappa shape index (κ3) is 2.45. The molecule has 1 aromatic carbocycles. The zero-order valence-corrected chi connectivity index (χ0v) is 11.3. The van der Waals surface area contributed by atoms with E-state index < -0.39 is 0 Å². The Morgan fingerprint density at radius 1 is 1.16 bits per heavy atom. The van der Waals surface area contributed by atoms with Gasteiger partial charge >= 0.3 is 0 Å². The van der Waals surface area contributed by atoms with E-state index >= 15 is 0 Å². The second kappa shape index (κ2) is 5.21. The molecular formula is C15H22N4. The molecule has 4 nitrogen and oxygen atoms in total. The van der Waals surface area contributed by atoms with E-state index in [0.717, 1.165) is 30.9 Å². The second-order valence-corrected chi connectivity index (χ2v) is 5.56. The van der Waals surface area contributed by atoms with Crippen LogP contribution in [0.25, 0.3) is 0 Å². The quantitative estimate of drug-likeness (QED) is 0.626. The molecule has 0 amide bonds. The number of piperidine rings is 1. The van der Waals surface area contributed by atoms with Crippen molar-refractivity contribution in [1.82, 2.24) is 4.90 Å². The number of nitrogens with two attached hydrogens (primary N) is 1. The minimum absolute atomic E-state index is 0.168. The molecule has 0 spiro atoms. The highest BCUT2D eigenvalue weighted by Crippen LogP contribution is 2.27. The lowest BCUT2D eigenvalue weighted by Gasteiger charge is -2.45. The fraction of sp³-hybridized carbons (Fsp3) is 0.533. The van der Waals surface area contributed by atoms with E-state index in [2.05, 4.69) is 15.9 Å². The number of rotatable bonds is 2. The monoisotopic (exact) mass is 258 g/mol. The van der Waals surface area contributed by atoms with Gasteiger partial charge in [-0.25, -0.2) is 0 Å². The Labute approximate surface area is 114 Å². The van der Waals surface area contributed by atoms with Crippen molar-refractivity contribution in [1.29, 1.82) is 5.41 Å². The number of nitrogen functional groups attached to an aromatic ring is 1. The van der Waals surface area contributed by atoms with Crippen molar-refractivity contribution in [3.63, 3.8) is 0 Å². The molecule has 2 fully saturated rings. The molecule has 2 heterocycles. The number of para-hydroxylation sites is 1. The fourth-order valence-corrected chi connectivity index (χ4v) is 3.35. The summed E-state index contributed by atoms with van der Waals surface area (Å²) in [6.45, 7) is 4.51. The summed E-state index contributed by atoms with van der Waals surface area (Å²) in [6, 6.07) is 8.72. The van der Waals surface area contributed by atoms with Gasteiger partial charge in [0, 0.05) is 36.9 Å². The first-order valence-electron chi connectivity index (χ1n) is 7.18. The Bertz CT molecular complexity index is 471. The number of fused-ring (bicyclic) bond motifs is 1. The lowest BCUT2D eigenvalue weighted by Crippen LogP contribution is -2.55. The largest absolute Gasteiger partial charge is 0.384 e. The van der Waals surface area contributed by atoms with Gasteiger partial charge in [-0.3, -0.25) is 10.3 Å². The maximum atomic E-state index is 7.72. The number of anilines is 1. The second-order valence-electron chi connectivity index (χ2n) is 5.56. The van der Waals surface area contributed by atoms with Crippen molar-refractivity contribution < 1.29 is 0 Å². The highest BCUT2D eigenvalue weighted by molar-refractivity contribution is 6.00. The summed E-state index contributed by atoms with van der Waals surface area (Å²) in [5.41, 5.74) is 7.69. The standard InChI is InChI=1S/C15H22N4/c16-15(17)13-6-1-2-7-14(13)19-10-9-18-8-4-3-5-12(18)11-19/h1-2,6-7,12H,3-5,8-11H2,(H3,16,17). The fourth-order valence-electron chi connectivity index (χ4n) is 3.35. The maximum Gasteiger partial charge on any atom is 0.124 e. The van der Waals surface area contributed by atoms with Crippen LogP contribution in [0.1, 0.15) is 24.8 Å². The average molecular weight is 258 g/mol. The molecule has 2 saturated heterocycles. The van der Waals surface area contributed by atoms with E-state index in [1.54, 1.807) is 0 Å². The number of hydrogen-bond acceptors (Lipinski definition) is 3. The molecule has 2 aliphatic rings. The Balaban J connectivity index is 1.81. The molecule has 4 heteroatoms. The molecule has 1 atom stereocenters. The average Bonchev–Trinajstić information content (AvgIpc) is 2.46. The summed E-state index contributed by atoms with van der Waals surface area (Å²) >= 11 is 0. The van der Waals surface area contributed by atoms with Crippen LogP contribution >= 0.6 is 0 Å². The van der Waals surface area contributed by atoms with Crippen LogP contribution in [0.2, 0.25) is 0 Å². The molecule has 1 unspecified atom stereocenters. The zero-order chi connectivity index (χ0) is 13.2. The van der Waals surface area contributed by atoms with Crippen molar-refractivity contribution in [3.8, 4) is 0 Å². The van der Waals surface area contributed by atoms with Gasteiger partial charge in [0.1, 0.15) is 5.84 Å². The molecule has 0 saturated carbocycles. The molecule has 0 aliphatic carbocycles. The Hall–Kier alpha value is -1.55. The first kappa shape index (κ1) is 12.5. The van der Waals surface area contributed by atoms with Crippen LogP contribution in [-0.2, 0) is 0 Å². The summed E-state index contributed by atoms with van der Waals surface area (Å²) in [6.07, 6.45) is 4.00. The Morgan fingerprint density at radius 3 is 2.84 bits per heavy atom. The van der Waals surface area contributed by atoms with Gasteiger partial charge in [-0.15, -0.1) is 0 Å². The number of hydrogen-bond donors (Lipinski definition) is 2. The topological polar surface area (TPSA) is 56.4 Å². The first-order chi connectivity index (χ1) is 9.25. The van der Waals surface area contributed by atoms with Gasteiger partial charge < -0.3 is 10.6 Å². The minimum Gasteiger partial charge on any atom is -0.384 e. The third-order valence-corrected chi connectivity index (χ3v) is 4.37. The van der Waals surface area contributed by atoms with E-state index in [0.29, 0.717) is 6.04 Å². The lowest BCUT2D eigenvalue weighted by molar-refractivity contribution is 0.133. The number of nitrogens with zero attached hydrogens (tertiary/aromatic N) is 2. The van der Waals surface area contributed by atoms with Crippen LogP contribution < -0.4 is 10.6 Å². The summed E-state index contributed by atoms with van der Waals surface area (Å²) in [7, 11) is 0. The van der Waals surface area contributed by atoms with Crippen molar-refractivity contribution >= 4 is 11.5 Å². The molecule has 19 heavy (non-hydrogen) atoms. The molecule has 0 radical (unpaired) electrons. The molecule has 3 N–H and O–H groups in total. The normalized spacial score (nSPS) is 24.0. The Morgan fingerprint density at radius 2 is 2.00 bits per heavy atom. The summed E-state index contributed by atoms with van der Waals surface area (Å²) in [5.74, 6) is 0.168. The van der Waals surface area contributed by atoms with E-state index in [4.69, 9.17) is 11.1 Å². The highest BCUT2D eigenvalue weighted by atomic mass is 15.3. The molecule has 0 aromatic heterocycles. The van der Waals surface area contributed by atoms with Crippen molar-refractivity contribution in [2.75, 3.05) is 31.1 Å². The van der Waals surface area contributed by atoms with Gasteiger partial charge in [0.25, 0.3) is 0 Å². The first-order valence-corrected chi connectivity index (χ1v) is 7.18. The van der Waals surface area contributed by atoms with E-state index in [1.165, 1.54) is 25.8 Å². The van der Waals surface area contributed by atoms with Gasteiger partial charge in [-0.05, 0) is 31.5 Å². The van der Waals surface area contributed by atoms with E-state index in [1.807, 2.05) is 18.2 Å². The van der Waals surface area contributed by atoms with Crippen LogP contribution in [0.3, 0.4) is 0 Å². The molecule has 2 aliphatic heterocycles. The Kier molecular flexibility index (Phi) is 3.42. The van der Waals surface area contributed by atoms with Crippen molar-refractivity contribution in [2.24, 2.45) is 5.73 Å². The van der Waals surface area contributed by atoms with Crippen LogP contribution in [0, 0.1) is 5.41 Å². The van der Waals surface area contributed by atoms with Crippen LogP contribution in [0.15, 0.2) is 24.3 Å². The van der Waals surface area contributed by atoms with E-state index in [9.17, 15) is 0 Å².